The molecule has 2 nitrogen and oxygen atoms in total. The predicted octanol–water partition coefficient (Wildman–Crippen LogP) is 7.75. The van der Waals surface area contributed by atoms with E-state index < -0.39 is 0 Å². The maximum absolute atomic E-state index is 13.2. The van der Waals surface area contributed by atoms with Crippen molar-refractivity contribution in [2.75, 3.05) is 0 Å². The summed E-state index contributed by atoms with van der Waals surface area (Å²) in [5, 5.41) is 2.38. The highest BCUT2D eigenvalue weighted by atomic mass is 16.5. The minimum Gasteiger partial charge on any atom is -0.426 e. The van der Waals surface area contributed by atoms with Gasteiger partial charge in [-0.25, -0.2) is 0 Å². The van der Waals surface area contributed by atoms with Crippen LogP contribution in [-0.4, -0.2) is 5.97 Å². The summed E-state index contributed by atoms with van der Waals surface area (Å²) >= 11 is 0. The molecule has 30 heavy (non-hydrogen) atoms. The van der Waals surface area contributed by atoms with Gasteiger partial charge in [-0.3, -0.25) is 4.79 Å². The van der Waals surface area contributed by atoms with Crippen molar-refractivity contribution < 1.29 is 9.53 Å². The minimum atomic E-state index is -0.259. The van der Waals surface area contributed by atoms with Crippen molar-refractivity contribution in [1.82, 2.24) is 0 Å². The molecule has 5 atom stereocenters. The summed E-state index contributed by atoms with van der Waals surface area (Å²) in [5.41, 5.74) is 1.16. The molecule has 2 bridgehead atoms. The number of carbonyl (C=O) groups is 1. The summed E-state index contributed by atoms with van der Waals surface area (Å²) in [7, 11) is 0. The van der Waals surface area contributed by atoms with Crippen LogP contribution in [0.2, 0.25) is 0 Å². The lowest BCUT2D eigenvalue weighted by atomic mass is 9.71. The Labute approximate surface area is 182 Å². The molecule has 2 saturated carbocycles. The monoisotopic (exact) mass is 406 g/mol. The Morgan fingerprint density at radius 1 is 1.07 bits per heavy atom. The summed E-state index contributed by atoms with van der Waals surface area (Å²) in [6.07, 6.45) is 6.68. The zero-order chi connectivity index (χ0) is 21.5. The van der Waals surface area contributed by atoms with Crippen LogP contribution in [0.3, 0.4) is 0 Å². The fraction of sp³-hybridized carbons (Fsp3) is 0.607. The van der Waals surface area contributed by atoms with E-state index in [9.17, 15) is 4.79 Å². The lowest BCUT2D eigenvalue weighted by Gasteiger charge is -2.34. The highest BCUT2D eigenvalue weighted by Gasteiger charge is 2.53. The second-order valence-corrected chi connectivity index (χ2v) is 10.8. The molecule has 0 aliphatic heterocycles. The van der Waals surface area contributed by atoms with E-state index in [1.54, 1.807) is 0 Å². The number of ether oxygens (including phenoxy) is 1. The Morgan fingerprint density at radius 3 is 2.53 bits per heavy atom. The van der Waals surface area contributed by atoms with Crippen molar-refractivity contribution in [2.45, 2.75) is 79.1 Å². The smallest absolute Gasteiger partial charge is 0.317 e. The Balaban J connectivity index is 1.54. The molecule has 2 aromatic carbocycles. The Morgan fingerprint density at radius 2 is 1.80 bits per heavy atom. The molecular formula is C28H38O2. The van der Waals surface area contributed by atoms with Crippen LogP contribution in [0, 0.1) is 29.1 Å². The fourth-order valence-electron chi connectivity index (χ4n) is 6.52. The summed E-state index contributed by atoms with van der Waals surface area (Å²) in [4.78, 5) is 13.2. The highest BCUT2D eigenvalue weighted by molar-refractivity contribution is 5.86. The molecule has 2 aromatic rings. The summed E-state index contributed by atoms with van der Waals surface area (Å²) in [6, 6.07) is 12.9. The van der Waals surface area contributed by atoms with Gasteiger partial charge in [0.15, 0.2) is 0 Å². The van der Waals surface area contributed by atoms with E-state index in [0.29, 0.717) is 35.3 Å². The van der Waals surface area contributed by atoms with E-state index in [0.717, 1.165) is 24.6 Å². The molecule has 0 amide bonds. The van der Waals surface area contributed by atoms with Crippen LogP contribution in [0.25, 0.3) is 10.8 Å². The van der Waals surface area contributed by atoms with Crippen LogP contribution in [0.15, 0.2) is 36.4 Å². The van der Waals surface area contributed by atoms with E-state index >= 15 is 0 Å². The molecule has 0 N–H and O–H groups in total. The quantitative estimate of drug-likeness (QED) is 0.362. The van der Waals surface area contributed by atoms with Crippen LogP contribution in [-0.2, 0) is 4.79 Å². The fourth-order valence-corrected chi connectivity index (χ4v) is 6.52. The number of hydrogen-bond acceptors (Lipinski definition) is 2. The third-order valence-corrected chi connectivity index (χ3v) is 7.93. The van der Waals surface area contributed by atoms with Crippen LogP contribution in [0.5, 0.6) is 5.75 Å². The first-order valence-electron chi connectivity index (χ1n) is 12.1. The van der Waals surface area contributed by atoms with E-state index in [2.05, 4.69) is 58.9 Å². The van der Waals surface area contributed by atoms with Gasteiger partial charge in [-0.15, -0.1) is 0 Å². The molecule has 0 saturated heterocycles. The summed E-state index contributed by atoms with van der Waals surface area (Å²) in [5.74, 6) is 3.87. The average molecular weight is 407 g/mol. The zero-order valence-electron chi connectivity index (χ0n) is 19.4. The topological polar surface area (TPSA) is 26.3 Å². The third kappa shape index (κ3) is 4.03. The molecule has 0 aromatic heterocycles. The van der Waals surface area contributed by atoms with Gasteiger partial charge in [0.2, 0.25) is 0 Å². The van der Waals surface area contributed by atoms with Gasteiger partial charge in [0, 0.05) is 0 Å². The van der Waals surface area contributed by atoms with Crippen molar-refractivity contribution in [2.24, 2.45) is 29.1 Å². The molecule has 0 heterocycles. The van der Waals surface area contributed by atoms with Gasteiger partial charge in [-0.2, -0.15) is 0 Å². The van der Waals surface area contributed by atoms with Crippen LogP contribution in [0.4, 0.5) is 0 Å². The second-order valence-electron chi connectivity index (χ2n) is 10.8. The summed E-state index contributed by atoms with van der Waals surface area (Å²) in [6.45, 7) is 11.5. The first kappa shape index (κ1) is 21.4. The highest BCUT2D eigenvalue weighted by Crippen LogP contribution is 2.56. The average Bonchev–Trinajstić information content (AvgIpc) is 2.95. The molecule has 0 spiro atoms. The number of esters is 1. The van der Waals surface area contributed by atoms with E-state index in [1.165, 1.54) is 30.2 Å². The molecule has 0 radical (unpaired) electrons. The van der Waals surface area contributed by atoms with Gasteiger partial charge >= 0.3 is 5.97 Å². The first-order chi connectivity index (χ1) is 14.3. The molecule has 2 aliphatic carbocycles. The second kappa shape index (κ2) is 8.36. The maximum Gasteiger partial charge on any atom is 0.317 e. The Hall–Kier alpha value is -1.83. The number of carbonyl (C=O) groups excluding carboxylic acids is 1. The minimum absolute atomic E-state index is 0.00203. The van der Waals surface area contributed by atoms with Crippen LogP contribution < -0.4 is 4.74 Å². The number of hydrogen-bond donors (Lipinski definition) is 0. The van der Waals surface area contributed by atoms with Crippen molar-refractivity contribution in [3.8, 4) is 5.75 Å². The summed E-state index contributed by atoms with van der Waals surface area (Å²) < 4.78 is 6.00. The Bertz CT molecular complexity index is 904. The van der Waals surface area contributed by atoms with E-state index in [1.807, 2.05) is 12.1 Å². The first-order valence-corrected chi connectivity index (χ1v) is 12.1. The molecule has 2 aliphatic rings. The molecule has 5 unspecified atom stereocenters. The van der Waals surface area contributed by atoms with Gasteiger partial charge in [-0.1, -0.05) is 65.3 Å². The molecular weight excluding hydrogens is 368 g/mol. The van der Waals surface area contributed by atoms with E-state index in [4.69, 9.17) is 4.74 Å². The zero-order valence-corrected chi connectivity index (χ0v) is 19.4. The lowest BCUT2D eigenvalue weighted by molar-refractivity contribution is -0.148. The normalized spacial score (nSPS) is 29.3. The standard InChI is InChI=1S/C28H38O2/c1-6-7-26(18(2)3)23-9-8-22-14-25(11-10-21(22)13-23)30-27(29)28-15-19(4)12-24(17-28)20(5)16-28/h8-11,13-14,18-20,24,26H,6-7,12,15-17H2,1-5H3. The lowest BCUT2D eigenvalue weighted by Crippen LogP contribution is -2.36. The Kier molecular flexibility index (Phi) is 5.97. The number of benzene rings is 2. The molecule has 2 fully saturated rings. The number of rotatable bonds is 6. The van der Waals surface area contributed by atoms with Crippen molar-refractivity contribution >= 4 is 16.7 Å². The van der Waals surface area contributed by atoms with Crippen LogP contribution >= 0.6 is 0 Å². The van der Waals surface area contributed by atoms with Gasteiger partial charge in [0.1, 0.15) is 5.75 Å². The number of fused-ring (bicyclic) bond motifs is 3. The third-order valence-electron chi connectivity index (χ3n) is 7.93. The van der Waals surface area contributed by atoms with Crippen molar-refractivity contribution in [3.63, 3.8) is 0 Å². The SMILES string of the molecule is CCCC(c1ccc2cc(OC(=O)C34CC(C)CC(C3)C(C)C4)ccc2c1)C(C)C. The van der Waals surface area contributed by atoms with E-state index in [-0.39, 0.29) is 11.4 Å². The van der Waals surface area contributed by atoms with Crippen molar-refractivity contribution in [3.05, 3.63) is 42.0 Å². The van der Waals surface area contributed by atoms with Gasteiger partial charge in [-0.05, 0) is 90.2 Å². The molecule has 2 heteroatoms. The molecule has 4 rings (SSSR count). The van der Waals surface area contributed by atoms with Gasteiger partial charge < -0.3 is 4.74 Å². The van der Waals surface area contributed by atoms with Gasteiger partial charge in [0.05, 0.1) is 5.41 Å². The maximum atomic E-state index is 13.2. The largest absolute Gasteiger partial charge is 0.426 e. The van der Waals surface area contributed by atoms with Crippen molar-refractivity contribution in [1.29, 1.82) is 0 Å². The van der Waals surface area contributed by atoms with Gasteiger partial charge in [0.25, 0.3) is 0 Å². The predicted molar refractivity (Wildman–Crippen MR) is 125 cm³/mol. The van der Waals surface area contributed by atoms with Crippen LogP contribution in [0.1, 0.15) is 84.6 Å². The molecule has 162 valence electrons.